The van der Waals surface area contributed by atoms with Gasteiger partial charge < -0.3 is 4.90 Å². The Morgan fingerprint density at radius 3 is 2.56 bits per heavy atom. The third-order valence-electron chi connectivity index (χ3n) is 6.47. The summed E-state index contributed by atoms with van der Waals surface area (Å²) in [6.07, 6.45) is 7.25. The highest BCUT2D eigenvalue weighted by molar-refractivity contribution is 5.83. The zero-order valence-corrected chi connectivity index (χ0v) is 18.2. The number of fused-ring (bicyclic) bond motifs is 1. The number of piperidine rings is 1. The van der Waals surface area contributed by atoms with Gasteiger partial charge >= 0.3 is 0 Å². The van der Waals surface area contributed by atoms with Crippen LogP contribution < -0.4 is 0 Å². The summed E-state index contributed by atoms with van der Waals surface area (Å²) in [7, 11) is 0. The van der Waals surface area contributed by atoms with E-state index in [0.717, 1.165) is 61.1 Å². The minimum Gasteiger partial charge on any atom is -0.343 e. The second-order valence-electron chi connectivity index (χ2n) is 8.63. The van der Waals surface area contributed by atoms with Crippen molar-refractivity contribution in [2.75, 3.05) is 13.1 Å². The number of rotatable bonds is 6. The van der Waals surface area contributed by atoms with Gasteiger partial charge in [0.2, 0.25) is 5.91 Å². The first-order chi connectivity index (χ1) is 15.8. The molecule has 5 heteroatoms. The molecular formula is C27H28N4O. The third-order valence-corrected chi connectivity index (χ3v) is 6.47. The molecule has 162 valence electrons. The monoisotopic (exact) mass is 424 g/mol. The molecule has 1 aliphatic heterocycles. The smallest absolute Gasteiger partial charge is 0.222 e. The van der Waals surface area contributed by atoms with E-state index in [9.17, 15) is 4.79 Å². The minimum atomic E-state index is 0.277. The molecule has 0 bridgehead atoms. The van der Waals surface area contributed by atoms with Gasteiger partial charge in [-0.2, -0.15) is 5.10 Å². The summed E-state index contributed by atoms with van der Waals surface area (Å²) in [6.45, 7) is 2.60. The Hall–Kier alpha value is -3.47. The second-order valence-corrected chi connectivity index (χ2v) is 8.63. The fourth-order valence-electron chi connectivity index (χ4n) is 4.59. The Morgan fingerprint density at radius 2 is 1.78 bits per heavy atom. The van der Waals surface area contributed by atoms with Crippen LogP contribution in [0.2, 0.25) is 0 Å². The van der Waals surface area contributed by atoms with Crippen LogP contribution >= 0.6 is 0 Å². The maximum atomic E-state index is 12.6. The van der Waals surface area contributed by atoms with E-state index in [1.807, 2.05) is 53.7 Å². The topological polar surface area (TPSA) is 51.0 Å². The van der Waals surface area contributed by atoms with Crippen LogP contribution in [0, 0.1) is 5.92 Å². The predicted molar refractivity (Wildman–Crippen MR) is 127 cm³/mol. The summed E-state index contributed by atoms with van der Waals surface area (Å²) < 4.78 is 2.12. The first-order valence-electron chi connectivity index (χ1n) is 11.4. The molecule has 0 unspecified atom stereocenters. The van der Waals surface area contributed by atoms with Gasteiger partial charge in [0.1, 0.15) is 0 Å². The van der Waals surface area contributed by atoms with Crippen molar-refractivity contribution in [2.45, 2.75) is 32.2 Å². The Morgan fingerprint density at radius 1 is 0.969 bits per heavy atom. The van der Waals surface area contributed by atoms with Crippen molar-refractivity contribution in [1.29, 1.82) is 0 Å². The molecule has 4 aromatic rings. The quantitative estimate of drug-likeness (QED) is 0.439. The van der Waals surface area contributed by atoms with E-state index in [4.69, 9.17) is 0 Å². The molecule has 3 heterocycles. The average molecular weight is 425 g/mol. The van der Waals surface area contributed by atoms with Crippen molar-refractivity contribution in [3.63, 3.8) is 0 Å². The first kappa shape index (κ1) is 20.4. The molecule has 2 aromatic carbocycles. The lowest BCUT2D eigenvalue weighted by atomic mass is 9.96. The van der Waals surface area contributed by atoms with E-state index in [-0.39, 0.29) is 5.91 Å². The lowest BCUT2D eigenvalue weighted by molar-refractivity contribution is -0.132. The van der Waals surface area contributed by atoms with Crippen molar-refractivity contribution >= 4 is 16.8 Å². The van der Waals surface area contributed by atoms with Crippen LogP contribution in [0.25, 0.3) is 22.2 Å². The zero-order valence-electron chi connectivity index (χ0n) is 18.2. The van der Waals surface area contributed by atoms with Crippen LogP contribution in [0.5, 0.6) is 0 Å². The predicted octanol–water partition coefficient (Wildman–Crippen LogP) is 4.97. The molecule has 0 N–H and O–H groups in total. The number of amides is 1. The van der Waals surface area contributed by atoms with Crippen LogP contribution in [0.3, 0.4) is 0 Å². The lowest BCUT2D eigenvalue weighted by Crippen LogP contribution is -2.39. The number of aromatic nitrogens is 3. The van der Waals surface area contributed by atoms with Crippen molar-refractivity contribution in [1.82, 2.24) is 19.7 Å². The van der Waals surface area contributed by atoms with Crippen LogP contribution in [0.15, 0.2) is 79.1 Å². The molecular weight excluding hydrogens is 396 g/mol. The number of carbonyl (C=O) groups is 1. The van der Waals surface area contributed by atoms with Gasteiger partial charge in [-0.3, -0.25) is 14.5 Å². The fourth-order valence-corrected chi connectivity index (χ4v) is 4.59. The molecule has 0 spiro atoms. The Labute approximate surface area is 188 Å². The van der Waals surface area contributed by atoms with Gasteiger partial charge in [0.25, 0.3) is 0 Å². The second kappa shape index (κ2) is 9.35. The van der Waals surface area contributed by atoms with E-state index in [1.54, 1.807) is 0 Å². The van der Waals surface area contributed by atoms with E-state index in [0.29, 0.717) is 12.3 Å². The number of pyridine rings is 1. The molecule has 0 radical (unpaired) electrons. The Balaban J connectivity index is 1.17. The van der Waals surface area contributed by atoms with Gasteiger partial charge in [-0.15, -0.1) is 0 Å². The summed E-state index contributed by atoms with van der Waals surface area (Å²) in [4.78, 5) is 19.1. The average Bonchev–Trinajstić information content (AvgIpc) is 3.26. The van der Waals surface area contributed by atoms with E-state index in [1.165, 1.54) is 5.56 Å². The van der Waals surface area contributed by atoms with Gasteiger partial charge in [0, 0.05) is 43.2 Å². The molecule has 1 saturated heterocycles. The number of hydrogen-bond acceptors (Lipinski definition) is 3. The largest absolute Gasteiger partial charge is 0.343 e. The highest BCUT2D eigenvalue weighted by atomic mass is 16.2. The zero-order chi connectivity index (χ0) is 21.8. The van der Waals surface area contributed by atoms with E-state index >= 15 is 0 Å². The molecule has 1 aliphatic rings. The molecule has 5 rings (SSSR count). The molecule has 2 aromatic heterocycles. The summed E-state index contributed by atoms with van der Waals surface area (Å²) >= 11 is 0. The van der Waals surface area contributed by atoms with Crippen LogP contribution in [-0.4, -0.2) is 38.7 Å². The highest BCUT2D eigenvalue weighted by Crippen LogP contribution is 2.25. The molecule has 1 amide bonds. The van der Waals surface area contributed by atoms with Crippen molar-refractivity contribution < 1.29 is 4.79 Å². The molecule has 5 nitrogen and oxygen atoms in total. The van der Waals surface area contributed by atoms with Crippen LogP contribution in [0.4, 0.5) is 0 Å². The van der Waals surface area contributed by atoms with Crippen molar-refractivity contribution in [3.8, 4) is 11.3 Å². The summed E-state index contributed by atoms with van der Waals surface area (Å²) in [6, 6.07) is 22.7. The molecule has 0 aliphatic carbocycles. The fraction of sp³-hybridized carbons (Fsp3) is 0.296. The van der Waals surface area contributed by atoms with Crippen molar-refractivity contribution in [3.05, 3.63) is 84.7 Å². The maximum Gasteiger partial charge on any atom is 0.222 e. The summed E-state index contributed by atoms with van der Waals surface area (Å²) in [5.41, 5.74) is 4.48. The van der Waals surface area contributed by atoms with E-state index < -0.39 is 0 Å². The third kappa shape index (κ3) is 4.57. The lowest BCUT2D eigenvalue weighted by Gasteiger charge is -2.32. The molecule has 0 atom stereocenters. The molecule has 0 saturated carbocycles. The first-order valence-corrected chi connectivity index (χ1v) is 11.4. The summed E-state index contributed by atoms with van der Waals surface area (Å²) in [5, 5.41) is 5.80. The number of hydrogen-bond donors (Lipinski definition) is 0. The van der Waals surface area contributed by atoms with E-state index in [2.05, 4.69) is 45.1 Å². The van der Waals surface area contributed by atoms with Gasteiger partial charge in [-0.25, -0.2) is 0 Å². The number of likely N-dealkylation sites (tertiary alicyclic amines) is 1. The van der Waals surface area contributed by atoms with Gasteiger partial charge in [0.15, 0.2) is 0 Å². The maximum absolute atomic E-state index is 12.6. The Kier molecular flexibility index (Phi) is 5.97. The normalized spacial score (nSPS) is 14.7. The number of aryl methyl sites for hydroxylation is 1. The van der Waals surface area contributed by atoms with Crippen LogP contribution in [-0.2, 0) is 17.8 Å². The summed E-state index contributed by atoms with van der Waals surface area (Å²) in [5.74, 6) is 0.825. The standard InChI is InChI=1S/C27H28N4O/c32-27(12-9-21-6-2-1-3-7-21)30-16-13-22(14-17-30)20-31-26-11-10-23(18-24(26)19-29-31)25-8-4-5-15-28-25/h1-8,10-11,15,18-19,22H,9,12-14,16-17,20H2. The number of benzene rings is 2. The number of carbonyl (C=O) groups excluding carboxylic acids is 1. The highest BCUT2D eigenvalue weighted by Gasteiger charge is 2.23. The van der Waals surface area contributed by atoms with Gasteiger partial charge in [-0.1, -0.05) is 42.5 Å². The molecule has 1 fully saturated rings. The van der Waals surface area contributed by atoms with Gasteiger partial charge in [-0.05, 0) is 55.0 Å². The molecule has 32 heavy (non-hydrogen) atoms. The SMILES string of the molecule is O=C(CCc1ccccc1)N1CCC(Cn2ncc3cc(-c4ccccn4)ccc32)CC1. The van der Waals surface area contributed by atoms with Crippen LogP contribution in [0.1, 0.15) is 24.8 Å². The minimum absolute atomic E-state index is 0.277. The van der Waals surface area contributed by atoms with Gasteiger partial charge in [0.05, 0.1) is 17.4 Å². The number of nitrogens with zero attached hydrogens (tertiary/aromatic N) is 4. The van der Waals surface area contributed by atoms with Crippen molar-refractivity contribution in [2.24, 2.45) is 5.92 Å². The Bertz CT molecular complexity index is 1180.